The Morgan fingerprint density at radius 3 is 2.48 bits per heavy atom. The molecule has 3 amide bonds. The van der Waals surface area contributed by atoms with Crippen LogP contribution in [-0.2, 0) is 0 Å². The molecule has 1 aliphatic rings. The van der Waals surface area contributed by atoms with Crippen molar-refractivity contribution in [3.63, 3.8) is 0 Å². The Balaban J connectivity index is 1.70. The number of halogens is 2. The minimum absolute atomic E-state index is 0.349. The minimum Gasteiger partial charge on any atom is -0.494 e. The maximum absolute atomic E-state index is 12.4. The monoisotopic (exact) mass is 470 g/mol. The minimum atomic E-state index is -2.99. The van der Waals surface area contributed by atoms with Crippen LogP contribution < -0.4 is 15.4 Å². The highest BCUT2D eigenvalue weighted by Crippen LogP contribution is 2.23. The first-order valence-corrected chi connectivity index (χ1v) is 10.9. The van der Waals surface area contributed by atoms with Crippen molar-refractivity contribution < 1.29 is 33.3 Å². The quantitative estimate of drug-likeness (QED) is 0.202. The van der Waals surface area contributed by atoms with E-state index in [0.717, 1.165) is 25.7 Å². The molecule has 1 fully saturated rings. The van der Waals surface area contributed by atoms with Gasteiger partial charge in [0, 0.05) is 18.7 Å². The molecule has 2 rings (SSSR count). The molecule has 5 N–H and O–H groups in total. The summed E-state index contributed by atoms with van der Waals surface area (Å²) in [5, 5.41) is 29.7. The van der Waals surface area contributed by atoms with Crippen molar-refractivity contribution in [2.75, 3.05) is 32.9 Å². The van der Waals surface area contributed by atoms with Gasteiger partial charge >= 0.3 is 6.03 Å². The van der Waals surface area contributed by atoms with Crippen LogP contribution in [0.5, 0.6) is 5.75 Å². The molecule has 1 aromatic carbocycles. The predicted molar refractivity (Wildman–Crippen MR) is 118 cm³/mol. The molecule has 0 aliphatic carbocycles. The Kier molecular flexibility index (Phi) is 10.5. The normalized spacial score (nSPS) is 14.5. The van der Waals surface area contributed by atoms with Crippen LogP contribution in [-0.4, -0.2) is 78.3 Å². The van der Waals surface area contributed by atoms with E-state index in [0.29, 0.717) is 42.5 Å². The molecule has 0 aromatic heterocycles. The molecule has 184 valence electrons. The number of piperidine rings is 1. The summed E-state index contributed by atoms with van der Waals surface area (Å²) in [4.78, 5) is 25.6. The number of likely N-dealkylation sites (tertiary alicyclic amines) is 1. The highest BCUT2D eigenvalue weighted by molar-refractivity contribution is 5.97. The summed E-state index contributed by atoms with van der Waals surface area (Å²) in [7, 11) is 0. The van der Waals surface area contributed by atoms with E-state index >= 15 is 0 Å². The van der Waals surface area contributed by atoms with Gasteiger partial charge < -0.3 is 25.2 Å². The van der Waals surface area contributed by atoms with Gasteiger partial charge in [0.05, 0.1) is 25.9 Å². The van der Waals surface area contributed by atoms with E-state index in [1.165, 1.54) is 4.90 Å². The molecular formula is C22H32F2N4O5. The molecule has 1 heterocycles. The maximum atomic E-state index is 12.4. The third-order valence-electron chi connectivity index (χ3n) is 5.61. The van der Waals surface area contributed by atoms with E-state index in [9.17, 15) is 18.4 Å². The Hall–Kier alpha value is -2.79. The lowest BCUT2D eigenvalue weighted by Gasteiger charge is -2.32. The van der Waals surface area contributed by atoms with E-state index in [4.69, 9.17) is 20.4 Å². The summed E-state index contributed by atoms with van der Waals surface area (Å²) in [6.45, 7) is 2.50. The molecule has 0 unspecified atom stereocenters. The third kappa shape index (κ3) is 8.25. The summed E-state index contributed by atoms with van der Waals surface area (Å²) in [6.07, 6.45) is 0.254. The average Bonchev–Trinajstić information content (AvgIpc) is 2.80. The van der Waals surface area contributed by atoms with Crippen molar-refractivity contribution >= 4 is 17.8 Å². The van der Waals surface area contributed by atoms with E-state index in [-0.39, 0.29) is 19.1 Å². The molecule has 0 spiro atoms. The highest BCUT2D eigenvalue weighted by Gasteiger charge is 2.24. The van der Waals surface area contributed by atoms with Gasteiger partial charge in [-0.3, -0.25) is 15.5 Å². The summed E-state index contributed by atoms with van der Waals surface area (Å²) in [6, 6.07) is 3.73. The second kappa shape index (κ2) is 13.0. The zero-order valence-electron chi connectivity index (χ0n) is 18.7. The summed E-state index contributed by atoms with van der Waals surface area (Å²) >= 11 is 0. The summed E-state index contributed by atoms with van der Waals surface area (Å²) < 4.78 is 30.5. The fraction of sp³-hybridized carbons (Fsp3) is 0.591. The number of aryl methyl sites for hydroxylation is 1. The van der Waals surface area contributed by atoms with Crippen LogP contribution in [0, 0.1) is 18.3 Å². The van der Waals surface area contributed by atoms with Crippen LogP contribution in [0.25, 0.3) is 0 Å². The lowest BCUT2D eigenvalue weighted by Crippen LogP contribution is -2.47. The van der Waals surface area contributed by atoms with Gasteiger partial charge in [-0.1, -0.05) is 0 Å². The zero-order valence-corrected chi connectivity index (χ0v) is 18.7. The van der Waals surface area contributed by atoms with Crippen LogP contribution in [0.2, 0.25) is 0 Å². The van der Waals surface area contributed by atoms with Gasteiger partial charge in [0.1, 0.15) is 5.75 Å². The molecule has 1 saturated heterocycles. The van der Waals surface area contributed by atoms with Crippen molar-refractivity contribution in [2.45, 2.75) is 45.1 Å². The van der Waals surface area contributed by atoms with Crippen molar-refractivity contribution in [1.29, 1.82) is 5.41 Å². The van der Waals surface area contributed by atoms with Gasteiger partial charge in [0.15, 0.2) is 5.84 Å². The number of aliphatic hydroxyl groups excluding tert-OH is 2. The Morgan fingerprint density at radius 1 is 1.24 bits per heavy atom. The Labute approximate surface area is 191 Å². The van der Waals surface area contributed by atoms with E-state index in [2.05, 4.69) is 5.32 Å². The number of ether oxygens (including phenoxy) is 1. The van der Waals surface area contributed by atoms with Crippen LogP contribution >= 0.6 is 0 Å². The maximum Gasteiger partial charge on any atom is 0.322 e. The first kappa shape index (κ1) is 26.5. The molecule has 9 nitrogen and oxygen atoms in total. The predicted octanol–water partition coefficient (Wildman–Crippen LogP) is 1.90. The SMILES string of the molecule is Cc1cc(OCCCC2CCN(C(=O)NC(=N)C(F)F)CC2)ccc1C(=O)NC(CO)CO. The van der Waals surface area contributed by atoms with Crippen molar-refractivity contribution in [1.82, 2.24) is 15.5 Å². The zero-order chi connectivity index (χ0) is 24.4. The lowest BCUT2D eigenvalue weighted by atomic mass is 9.92. The van der Waals surface area contributed by atoms with Gasteiger partial charge in [-0.15, -0.1) is 0 Å². The van der Waals surface area contributed by atoms with Crippen molar-refractivity contribution in [3.05, 3.63) is 29.3 Å². The van der Waals surface area contributed by atoms with Crippen molar-refractivity contribution in [2.24, 2.45) is 5.92 Å². The van der Waals surface area contributed by atoms with E-state index in [1.54, 1.807) is 25.1 Å². The van der Waals surface area contributed by atoms with E-state index < -0.39 is 24.3 Å². The number of urea groups is 1. The molecule has 0 bridgehead atoms. The van der Waals surface area contributed by atoms with E-state index in [1.807, 2.05) is 5.32 Å². The summed E-state index contributed by atoms with van der Waals surface area (Å²) in [5.41, 5.74) is 1.15. The first-order chi connectivity index (χ1) is 15.7. The number of hydrogen-bond donors (Lipinski definition) is 5. The van der Waals surface area contributed by atoms with Crippen LogP contribution in [0.3, 0.4) is 0 Å². The smallest absolute Gasteiger partial charge is 0.322 e. The first-order valence-electron chi connectivity index (χ1n) is 10.9. The fourth-order valence-corrected chi connectivity index (χ4v) is 3.63. The number of nitrogens with one attached hydrogen (secondary N) is 3. The highest BCUT2D eigenvalue weighted by atomic mass is 19.3. The van der Waals surface area contributed by atoms with Gasteiger partial charge in [-0.25, -0.2) is 13.6 Å². The number of amidine groups is 1. The van der Waals surface area contributed by atoms with Gasteiger partial charge in [0.25, 0.3) is 12.3 Å². The number of amides is 3. The average molecular weight is 471 g/mol. The number of hydrogen-bond acceptors (Lipinski definition) is 6. The van der Waals surface area contributed by atoms with Crippen LogP contribution in [0.15, 0.2) is 18.2 Å². The van der Waals surface area contributed by atoms with Gasteiger partial charge in [-0.2, -0.15) is 0 Å². The largest absolute Gasteiger partial charge is 0.494 e. The molecule has 11 heteroatoms. The number of rotatable bonds is 10. The Morgan fingerprint density at radius 2 is 1.91 bits per heavy atom. The van der Waals surface area contributed by atoms with Crippen molar-refractivity contribution in [3.8, 4) is 5.75 Å². The second-order valence-electron chi connectivity index (χ2n) is 8.08. The third-order valence-corrected chi connectivity index (χ3v) is 5.61. The number of nitrogens with zero attached hydrogens (tertiary/aromatic N) is 1. The second-order valence-corrected chi connectivity index (χ2v) is 8.08. The molecule has 0 atom stereocenters. The number of aliphatic hydroxyl groups is 2. The molecule has 1 aromatic rings. The topological polar surface area (TPSA) is 135 Å². The lowest BCUT2D eigenvalue weighted by molar-refractivity contribution is 0.0878. The Bertz CT molecular complexity index is 812. The van der Waals surface area contributed by atoms with Crippen LogP contribution in [0.1, 0.15) is 41.6 Å². The number of carbonyl (C=O) groups is 2. The molecule has 0 saturated carbocycles. The van der Waals surface area contributed by atoms with Crippen LogP contribution in [0.4, 0.5) is 13.6 Å². The molecule has 1 aliphatic heterocycles. The standard InChI is InChI=1S/C22H32F2N4O5/c1-14-11-17(4-5-18(14)21(31)26-16(12-29)13-30)33-10-2-3-15-6-8-28(9-7-15)22(32)27-20(25)19(23)24/h4-5,11,15-16,19,29-30H,2-3,6-10,12-13H2,1H3,(H,26,31)(H2,25,27,32). The molecule has 0 radical (unpaired) electrons. The number of benzene rings is 1. The van der Waals surface area contributed by atoms with Gasteiger partial charge in [-0.05, 0) is 62.3 Å². The molecule has 33 heavy (non-hydrogen) atoms. The number of alkyl halides is 2. The number of carbonyl (C=O) groups excluding carboxylic acids is 2. The summed E-state index contributed by atoms with van der Waals surface area (Å²) in [5.74, 6) is -0.412. The van der Waals surface area contributed by atoms with Gasteiger partial charge in [0.2, 0.25) is 0 Å². The fourth-order valence-electron chi connectivity index (χ4n) is 3.63. The molecular weight excluding hydrogens is 438 g/mol.